The Hall–Kier alpha value is -1.70. The van der Waals surface area contributed by atoms with Gasteiger partial charge < -0.3 is 0 Å². The van der Waals surface area contributed by atoms with E-state index in [4.69, 9.17) is 23.2 Å². The van der Waals surface area contributed by atoms with Crippen LogP contribution in [0.2, 0.25) is 10.0 Å². The van der Waals surface area contributed by atoms with Crippen molar-refractivity contribution in [2.45, 2.75) is 12.8 Å². The maximum Gasteiger partial charge on any atom is 0.258 e. The summed E-state index contributed by atoms with van der Waals surface area (Å²) in [4.78, 5) is 24.3. The smallest absolute Gasteiger partial charge is 0.258 e. The summed E-state index contributed by atoms with van der Waals surface area (Å²) in [7, 11) is 3.05. The molecule has 1 aliphatic heterocycles. The van der Waals surface area contributed by atoms with E-state index in [2.05, 4.69) is 11.8 Å². The fourth-order valence-corrected chi connectivity index (χ4v) is 2.80. The average Bonchev–Trinajstić information content (AvgIpc) is 2.56. The molecular weight excluding hydrogens is 299 g/mol. The van der Waals surface area contributed by atoms with E-state index in [0.717, 1.165) is 0 Å². The van der Waals surface area contributed by atoms with E-state index in [1.54, 1.807) is 19.1 Å². The third-order valence-electron chi connectivity index (χ3n) is 3.22. The lowest BCUT2D eigenvalue weighted by molar-refractivity contribution is -0.141. The van der Waals surface area contributed by atoms with Gasteiger partial charge in [-0.2, -0.15) is 0 Å². The Kier molecular flexibility index (Phi) is 3.94. The second-order valence-corrected chi connectivity index (χ2v) is 5.20. The highest BCUT2D eigenvalue weighted by Gasteiger charge is 2.44. The fraction of sp³-hybridized carbons (Fsp3) is 0.286. The highest BCUT2D eigenvalue weighted by Crippen LogP contribution is 2.37. The van der Waals surface area contributed by atoms with Crippen molar-refractivity contribution in [3.63, 3.8) is 0 Å². The number of amides is 2. The molecule has 1 aromatic carbocycles. The molecule has 20 heavy (non-hydrogen) atoms. The average molecular weight is 311 g/mol. The minimum atomic E-state index is -0.992. The van der Waals surface area contributed by atoms with Crippen LogP contribution in [0.3, 0.4) is 0 Å². The first kappa shape index (κ1) is 14.7. The first-order chi connectivity index (χ1) is 9.38. The number of nitrogens with zero attached hydrogens (tertiary/aromatic N) is 2. The second kappa shape index (κ2) is 5.35. The fourth-order valence-electron chi connectivity index (χ4n) is 2.10. The van der Waals surface area contributed by atoms with Crippen LogP contribution in [0.5, 0.6) is 0 Å². The molecule has 0 atom stereocenters. The molecule has 1 aromatic rings. The first-order valence-electron chi connectivity index (χ1n) is 5.85. The van der Waals surface area contributed by atoms with E-state index in [-0.39, 0.29) is 21.9 Å². The molecule has 0 aromatic heterocycles. The third kappa shape index (κ3) is 2.24. The minimum absolute atomic E-state index is 0.269. The Balaban J connectivity index is 2.56. The highest BCUT2D eigenvalue weighted by molar-refractivity contribution is 6.37. The van der Waals surface area contributed by atoms with Crippen molar-refractivity contribution in [2.24, 2.45) is 0 Å². The Morgan fingerprint density at radius 2 is 1.50 bits per heavy atom. The molecule has 0 spiro atoms. The molecule has 1 saturated heterocycles. The van der Waals surface area contributed by atoms with Crippen molar-refractivity contribution >= 4 is 35.0 Å². The van der Waals surface area contributed by atoms with Gasteiger partial charge in [0.15, 0.2) is 0 Å². The number of likely N-dealkylation sites (N-methyl/N-ethyl adjacent to an activating group) is 2. The van der Waals surface area contributed by atoms with Crippen LogP contribution in [0.4, 0.5) is 0 Å². The van der Waals surface area contributed by atoms with E-state index in [0.29, 0.717) is 11.1 Å². The van der Waals surface area contributed by atoms with Gasteiger partial charge in [0.25, 0.3) is 11.8 Å². The van der Waals surface area contributed by atoms with Gasteiger partial charge in [0, 0.05) is 35.3 Å². The van der Waals surface area contributed by atoms with Crippen LogP contribution >= 0.6 is 23.2 Å². The number of carbonyl (C=O) groups is 2. The Labute approximate surface area is 127 Å². The molecule has 0 bridgehead atoms. The molecular formula is C14H12Cl2N2O2. The largest absolute Gasteiger partial charge is 0.272 e. The predicted octanol–water partition coefficient (Wildman–Crippen LogP) is 2.29. The van der Waals surface area contributed by atoms with Crippen LogP contribution < -0.4 is 0 Å². The van der Waals surface area contributed by atoms with E-state index < -0.39 is 5.92 Å². The first-order valence-corrected chi connectivity index (χ1v) is 6.60. The van der Waals surface area contributed by atoms with Gasteiger partial charge in [-0.1, -0.05) is 29.1 Å². The number of carbonyl (C=O) groups excluding carboxylic acids is 2. The maximum absolute atomic E-state index is 12.2. The quantitative estimate of drug-likeness (QED) is 0.590. The zero-order valence-corrected chi connectivity index (χ0v) is 12.7. The summed E-state index contributed by atoms with van der Waals surface area (Å²) in [5.41, 5.74) is 0.979. The lowest BCUT2D eigenvalue weighted by Gasteiger charge is -2.17. The summed E-state index contributed by atoms with van der Waals surface area (Å²) < 4.78 is 0. The Bertz CT molecular complexity index is 618. The van der Waals surface area contributed by atoms with Gasteiger partial charge in [0.05, 0.1) is 0 Å². The number of rotatable bonds is 1. The van der Waals surface area contributed by atoms with E-state index in [9.17, 15) is 9.59 Å². The van der Waals surface area contributed by atoms with Gasteiger partial charge in [0.2, 0.25) is 0 Å². The topological polar surface area (TPSA) is 40.6 Å². The number of hydrogen-bond acceptors (Lipinski definition) is 2. The molecule has 0 radical (unpaired) electrons. The predicted molar refractivity (Wildman–Crippen MR) is 77.3 cm³/mol. The molecule has 0 aliphatic carbocycles. The minimum Gasteiger partial charge on any atom is -0.272 e. The maximum atomic E-state index is 12.2. The second-order valence-electron chi connectivity index (χ2n) is 4.39. The molecule has 1 aliphatic rings. The summed E-state index contributed by atoms with van der Waals surface area (Å²) >= 11 is 12.4. The van der Waals surface area contributed by atoms with E-state index in [1.165, 1.54) is 24.1 Å². The number of hydrogen-bond donors (Lipinski definition) is 0. The summed E-state index contributed by atoms with van der Waals surface area (Å²) in [6.07, 6.45) is 0. The van der Waals surface area contributed by atoms with E-state index >= 15 is 0 Å². The van der Waals surface area contributed by atoms with E-state index in [1.807, 2.05) is 0 Å². The van der Waals surface area contributed by atoms with Crippen molar-refractivity contribution in [3.05, 3.63) is 33.3 Å². The summed E-state index contributed by atoms with van der Waals surface area (Å²) in [6.45, 7) is 1.70. The zero-order valence-electron chi connectivity index (χ0n) is 11.2. The standard InChI is InChI=1S/C14H12Cl2N2O2/c1-4-5-8-6-9(15)11(10(16)7-8)12-13(19)17(2)18(3)14(12)20/h6-7,12H,1-3H3. The van der Waals surface area contributed by atoms with Crippen LogP contribution in [0, 0.1) is 11.8 Å². The zero-order chi connectivity index (χ0) is 15.0. The monoisotopic (exact) mass is 310 g/mol. The summed E-state index contributed by atoms with van der Waals surface area (Å²) in [5, 5.41) is 3.04. The molecule has 0 unspecified atom stereocenters. The van der Waals surface area contributed by atoms with Gasteiger partial charge in [-0.3, -0.25) is 19.6 Å². The SMILES string of the molecule is CC#Cc1cc(Cl)c(C2C(=O)N(C)N(C)C2=O)c(Cl)c1. The van der Waals surface area contributed by atoms with Crippen LogP contribution in [0.25, 0.3) is 0 Å². The van der Waals surface area contributed by atoms with Crippen molar-refractivity contribution in [2.75, 3.05) is 14.1 Å². The van der Waals surface area contributed by atoms with Crippen molar-refractivity contribution < 1.29 is 9.59 Å². The van der Waals surface area contributed by atoms with Crippen LogP contribution in [0.1, 0.15) is 24.0 Å². The van der Waals surface area contributed by atoms with Crippen LogP contribution in [-0.4, -0.2) is 35.9 Å². The molecule has 1 heterocycles. The number of benzene rings is 1. The van der Waals surface area contributed by atoms with Crippen molar-refractivity contribution in [1.29, 1.82) is 0 Å². The molecule has 6 heteroatoms. The summed E-state index contributed by atoms with van der Waals surface area (Å²) in [5.74, 6) is 3.88. The third-order valence-corrected chi connectivity index (χ3v) is 3.84. The molecule has 2 rings (SSSR count). The van der Waals surface area contributed by atoms with Crippen molar-refractivity contribution in [1.82, 2.24) is 10.0 Å². The van der Waals surface area contributed by atoms with Gasteiger partial charge in [0.1, 0.15) is 5.92 Å². The Morgan fingerprint density at radius 1 is 1.05 bits per heavy atom. The number of halogens is 2. The molecule has 0 saturated carbocycles. The molecule has 2 amide bonds. The normalized spacial score (nSPS) is 15.7. The Morgan fingerprint density at radius 3 is 1.90 bits per heavy atom. The molecule has 4 nitrogen and oxygen atoms in total. The lowest BCUT2D eigenvalue weighted by atomic mass is 9.97. The highest BCUT2D eigenvalue weighted by atomic mass is 35.5. The number of hydrazine groups is 1. The lowest BCUT2D eigenvalue weighted by Crippen LogP contribution is -2.33. The van der Waals surface area contributed by atoms with Gasteiger partial charge in [-0.15, -0.1) is 5.92 Å². The molecule has 0 N–H and O–H groups in total. The van der Waals surface area contributed by atoms with Crippen molar-refractivity contribution in [3.8, 4) is 11.8 Å². The van der Waals surface area contributed by atoms with Gasteiger partial charge in [-0.05, 0) is 19.1 Å². The van der Waals surface area contributed by atoms with Gasteiger partial charge >= 0.3 is 0 Å². The van der Waals surface area contributed by atoms with Gasteiger partial charge in [-0.25, -0.2) is 0 Å². The van der Waals surface area contributed by atoms with Crippen LogP contribution in [0.15, 0.2) is 12.1 Å². The molecule has 1 fully saturated rings. The molecule has 104 valence electrons. The summed E-state index contributed by atoms with van der Waals surface area (Å²) in [6, 6.07) is 3.22. The van der Waals surface area contributed by atoms with Crippen LogP contribution in [-0.2, 0) is 9.59 Å².